The lowest BCUT2D eigenvalue weighted by Crippen LogP contribution is -2.39. The summed E-state index contributed by atoms with van der Waals surface area (Å²) >= 11 is 0. The molecular formula is C12H25O6P. The van der Waals surface area contributed by atoms with Gasteiger partial charge in [-0.05, 0) is 26.7 Å². The van der Waals surface area contributed by atoms with E-state index in [1.807, 2.05) is 0 Å². The Kier molecular flexibility index (Phi) is 8.50. The van der Waals surface area contributed by atoms with Crippen molar-refractivity contribution in [3.05, 3.63) is 0 Å². The fourth-order valence-electron chi connectivity index (χ4n) is 1.61. The molecule has 0 aromatic rings. The van der Waals surface area contributed by atoms with Gasteiger partial charge in [-0.1, -0.05) is 13.8 Å². The largest absolute Gasteiger partial charge is 0.465 e. The zero-order valence-electron chi connectivity index (χ0n) is 12.3. The molecule has 0 fully saturated rings. The number of ether oxygens (including phenoxy) is 1. The Morgan fingerprint density at radius 1 is 1.11 bits per heavy atom. The van der Waals surface area contributed by atoms with Crippen LogP contribution in [0.2, 0.25) is 0 Å². The molecule has 2 atom stereocenters. The van der Waals surface area contributed by atoms with Gasteiger partial charge in [-0.3, -0.25) is 9.36 Å². The molecule has 7 heteroatoms. The Morgan fingerprint density at radius 3 is 1.89 bits per heavy atom. The number of esters is 1. The third-order valence-electron chi connectivity index (χ3n) is 2.49. The minimum absolute atomic E-state index is 0.123. The van der Waals surface area contributed by atoms with Gasteiger partial charge in [0.1, 0.15) is 0 Å². The van der Waals surface area contributed by atoms with Crippen LogP contribution in [0, 0.1) is 5.92 Å². The van der Waals surface area contributed by atoms with E-state index in [2.05, 4.69) is 0 Å². The van der Waals surface area contributed by atoms with E-state index in [1.165, 1.54) is 0 Å². The number of aliphatic hydroxyl groups excluding tert-OH is 1. The second kappa shape index (κ2) is 8.69. The van der Waals surface area contributed by atoms with Gasteiger partial charge in [0.2, 0.25) is 0 Å². The van der Waals surface area contributed by atoms with E-state index >= 15 is 0 Å². The van der Waals surface area contributed by atoms with Crippen molar-refractivity contribution >= 4 is 13.6 Å². The number of carbonyl (C=O) groups is 1. The standard InChI is InChI=1S/C12H25O6P/c1-6-16-12(14)11(10(13)9(4)5)19(15,17-7-2)18-8-3/h9-11,13H,6-8H2,1-5H3/t10-,11-/m1/s1. The molecule has 0 aromatic heterocycles. The summed E-state index contributed by atoms with van der Waals surface area (Å²) in [6.45, 7) is 8.76. The molecule has 0 saturated carbocycles. The summed E-state index contributed by atoms with van der Waals surface area (Å²) in [5.41, 5.74) is -1.31. The minimum Gasteiger partial charge on any atom is -0.465 e. The molecule has 0 radical (unpaired) electrons. The van der Waals surface area contributed by atoms with Crippen LogP contribution in [0.25, 0.3) is 0 Å². The highest BCUT2D eigenvalue weighted by atomic mass is 31.2. The van der Waals surface area contributed by atoms with E-state index in [-0.39, 0.29) is 25.7 Å². The highest BCUT2D eigenvalue weighted by Gasteiger charge is 2.48. The molecule has 0 spiro atoms. The molecule has 0 bridgehead atoms. The fourth-order valence-corrected chi connectivity index (χ4v) is 3.77. The van der Waals surface area contributed by atoms with Gasteiger partial charge >= 0.3 is 13.6 Å². The Bertz CT molecular complexity index is 307. The van der Waals surface area contributed by atoms with Crippen LogP contribution in [0.4, 0.5) is 0 Å². The quantitative estimate of drug-likeness (QED) is 0.519. The molecule has 0 rings (SSSR count). The first-order chi connectivity index (χ1) is 8.83. The molecule has 0 heterocycles. The maximum absolute atomic E-state index is 12.7. The van der Waals surface area contributed by atoms with Crippen molar-refractivity contribution < 1.29 is 28.3 Å². The van der Waals surface area contributed by atoms with Gasteiger partial charge in [0.05, 0.1) is 25.9 Å². The number of carbonyl (C=O) groups excluding carboxylic acids is 1. The smallest absolute Gasteiger partial charge is 0.347 e. The second-order valence-corrected chi connectivity index (χ2v) is 6.46. The molecule has 0 unspecified atom stereocenters. The Balaban J connectivity index is 5.39. The first-order valence-electron chi connectivity index (χ1n) is 6.57. The van der Waals surface area contributed by atoms with Gasteiger partial charge in [-0.25, -0.2) is 0 Å². The summed E-state index contributed by atoms with van der Waals surface area (Å²) in [4.78, 5) is 12.0. The predicted molar refractivity (Wildman–Crippen MR) is 72.1 cm³/mol. The predicted octanol–water partition coefficient (Wildman–Crippen LogP) is 2.20. The zero-order valence-corrected chi connectivity index (χ0v) is 13.2. The van der Waals surface area contributed by atoms with Crippen molar-refractivity contribution in [2.24, 2.45) is 5.92 Å². The van der Waals surface area contributed by atoms with E-state index in [4.69, 9.17) is 13.8 Å². The molecule has 0 aliphatic carbocycles. The second-order valence-electron chi connectivity index (χ2n) is 4.31. The lowest BCUT2D eigenvalue weighted by molar-refractivity contribution is -0.146. The maximum Gasteiger partial charge on any atom is 0.347 e. The van der Waals surface area contributed by atoms with Crippen molar-refractivity contribution in [2.45, 2.75) is 46.4 Å². The fraction of sp³-hybridized carbons (Fsp3) is 0.917. The topological polar surface area (TPSA) is 82.1 Å². The van der Waals surface area contributed by atoms with Crippen molar-refractivity contribution in [3.63, 3.8) is 0 Å². The number of rotatable bonds is 9. The molecule has 0 saturated heterocycles. The van der Waals surface area contributed by atoms with Gasteiger partial charge in [0, 0.05) is 0 Å². The normalized spacial score (nSPS) is 15.3. The molecule has 0 aliphatic heterocycles. The highest BCUT2D eigenvalue weighted by Crippen LogP contribution is 2.55. The third kappa shape index (κ3) is 5.22. The van der Waals surface area contributed by atoms with Crippen molar-refractivity contribution in [1.82, 2.24) is 0 Å². The van der Waals surface area contributed by atoms with Gasteiger partial charge in [0.25, 0.3) is 0 Å². The van der Waals surface area contributed by atoms with E-state index in [1.54, 1.807) is 34.6 Å². The monoisotopic (exact) mass is 296 g/mol. The number of aliphatic hydroxyl groups is 1. The van der Waals surface area contributed by atoms with E-state index in [0.29, 0.717) is 0 Å². The van der Waals surface area contributed by atoms with Crippen LogP contribution in [0.1, 0.15) is 34.6 Å². The summed E-state index contributed by atoms with van der Waals surface area (Å²) in [6.07, 6.45) is -1.15. The maximum atomic E-state index is 12.7. The van der Waals surface area contributed by atoms with Crippen LogP contribution >= 0.6 is 7.60 Å². The summed E-state index contributed by atoms with van der Waals surface area (Å²) < 4.78 is 27.8. The van der Waals surface area contributed by atoms with Crippen LogP contribution in [-0.4, -0.2) is 42.7 Å². The van der Waals surface area contributed by atoms with Crippen molar-refractivity contribution in [1.29, 1.82) is 0 Å². The summed E-state index contributed by atoms with van der Waals surface area (Å²) in [5.74, 6) is -1.03. The zero-order chi connectivity index (χ0) is 15.1. The molecule has 1 N–H and O–H groups in total. The van der Waals surface area contributed by atoms with Crippen LogP contribution in [0.15, 0.2) is 0 Å². The van der Waals surface area contributed by atoms with Crippen LogP contribution in [-0.2, 0) is 23.1 Å². The summed E-state index contributed by atoms with van der Waals surface area (Å²) in [7, 11) is -3.75. The van der Waals surface area contributed by atoms with E-state index < -0.39 is 25.3 Å². The lowest BCUT2D eigenvalue weighted by atomic mass is 10.0. The molecular weight excluding hydrogens is 271 g/mol. The SMILES string of the molecule is CCOC(=O)[C@@H]([C@H](O)C(C)C)P(=O)(OCC)OCC. The first-order valence-corrected chi connectivity index (χ1v) is 8.18. The van der Waals surface area contributed by atoms with Gasteiger partial charge in [-0.15, -0.1) is 0 Å². The van der Waals surface area contributed by atoms with E-state index in [0.717, 1.165) is 0 Å². The van der Waals surface area contributed by atoms with Gasteiger partial charge < -0.3 is 18.9 Å². The molecule has 19 heavy (non-hydrogen) atoms. The Hall–Kier alpha value is -0.420. The summed E-state index contributed by atoms with van der Waals surface area (Å²) in [5, 5.41) is 10.1. The van der Waals surface area contributed by atoms with Crippen LogP contribution < -0.4 is 0 Å². The molecule has 0 aliphatic rings. The van der Waals surface area contributed by atoms with E-state index in [9.17, 15) is 14.5 Å². The average molecular weight is 296 g/mol. The molecule has 0 amide bonds. The molecule has 114 valence electrons. The minimum atomic E-state index is -3.75. The first kappa shape index (κ1) is 18.6. The Labute approximate surface area is 115 Å². The average Bonchev–Trinajstić information content (AvgIpc) is 2.29. The lowest BCUT2D eigenvalue weighted by Gasteiger charge is -2.29. The van der Waals surface area contributed by atoms with Gasteiger partial charge in [-0.2, -0.15) is 0 Å². The van der Waals surface area contributed by atoms with Crippen LogP contribution in [0.5, 0.6) is 0 Å². The van der Waals surface area contributed by atoms with Crippen LogP contribution in [0.3, 0.4) is 0 Å². The summed E-state index contributed by atoms with van der Waals surface area (Å²) in [6, 6.07) is 0. The highest BCUT2D eigenvalue weighted by molar-refractivity contribution is 7.55. The molecule has 0 aromatic carbocycles. The molecule has 6 nitrogen and oxygen atoms in total. The Morgan fingerprint density at radius 2 is 1.58 bits per heavy atom. The van der Waals surface area contributed by atoms with Crippen molar-refractivity contribution in [3.8, 4) is 0 Å². The van der Waals surface area contributed by atoms with Gasteiger partial charge in [0.15, 0.2) is 5.66 Å². The third-order valence-corrected chi connectivity index (χ3v) is 4.93. The number of hydrogen-bond donors (Lipinski definition) is 1. The van der Waals surface area contributed by atoms with Crippen molar-refractivity contribution in [2.75, 3.05) is 19.8 Å². The number of hydrogen-bond acceptors (Lipinski definition) is 6.